The van der Waals surface area contributed by atoms with Crippen molar-refractivity contribution in [3.63, 3.8) is 0 Å². The number of sulfone groups is 1. The number of benzene rings is 1. The van der Waals surface area contributed by atoms with Crippen molar-refractivity contribution < 1.29 is 30.7 Å². The first kappa shape index (κ1) is 20.4. The zero-order valence-corrected chi connectivity index (χ0v) is 15.9. The van der Waals surface area contributed by atoms with E-state index in [-0.39, 0.29) is 17.1 Å². The minimum atomic E-state index is -5.15. The van der Waals surface area contributed by atoms with Gasteiger partial charge in [0.05, 0.1) is 13.7 Å². The summed E-state index contributed by atoms with van der Waals surface area (Å²) in [5.74, 6) is -1.14. The van der Waals surface area contributed by atoms with Crippen LogP contribution in [-0.4, -0.2) is 50.1 Å². The molecular weight excluding hydrogens is 400 g/mol. The third kappa shape index (κ3) is 3.30. The van der Waals surface area contributed by atoms with E-state index in [2.05, 4.69) is 4.99 Å². The molecule has 0 amide bonds. The lowest BCUT2D eigenvalue weighted by atomic mass is 10.1. The Morgan fingerprint density at radius 2 is 1.96 bits per heavy atom. The highest BCUT2D eigenvalue weighted by molar-refractivity contribution is 7.92. The van der Waals surface area contributed by atoms with E-state index in [4.69, 9.17) is 4.74 Å². The van der Waals surface area contributed by atoms with Crippen LogP contribution in [-0.2, 0) is 9.84 Å². The van der Waals surface area contributed by atoms with E-state index in [1.807, 2.05) is 0 Å². The molecule has 2 aliphatic rings. The molecule has 1 unspecified atom stereocenters. The first-order valence-corrected chi connectivity index (χ1v) is 10.2. The summed E-state index contributed by atoms with van der Waals surface area (Å²) in [6.07, 6.45) is 1.74. The normalized spacial score (nSPS) is 22.9. The average Bonchev–Trinajstić information content (AvgIpc) is 3.04. The van der Waals surface area contributed by atoms with Gasteiger partial charge in [0.15, 0.2) is 21.4 Å². The fourth-order valence-corrected chi connectivity index (χ4v) is 4.19. The monoisotopic (exact) mass is 418 g/mol. The Balaban J connectivity index is 2.22. The number of aliphatic imine (C=N–C) groups is 1. The van der Waals surface area contributed by atoms with E-state index in [1.165, 1.54) is 24.1 Å². The Morgan fingerprint density at radius 3 is 2.46 bits per heavy atom. The average molecular weight is 418 g/mol. The van der Waals surface area contributed by atoms with E-state index in [1.54, 1.807) is 18.2 Å². The van der Waals surface area contributed by atoms with Gasteiger partial charge >= 0.3 is 6.18 Å². The molecule has 1 aromatic rings. The Labute approximate surface area is 159 Å². The largest absolute Gasteiger partial charge is 0.494 e. The van der Waals surface area contributed by atoms with Crippen molar-refractivity contribution in [2.24, 2.45) is 4.99 Å². The van der Waals surface area contributed by atoms with Crippen molar-refractivity contribution in [1.29, 1.82) is 0 Å². The van der Waals surface area contributed by atoms with Gasteiger partial charge in [0.25, 0.3) is 4.87 Å². The lowest BCUT2D eigenvalue weighted by molar-refractivity contribution is -0.158. The van der Waals surface area contributed by atoms with Crippen molar-refractivity contribution in [3.8, 4) is 5.75 Å². The molecule has 3 rings (SSSR count). The number of halogens is 4. The summed E-state index contributed by atoms with van der Waals surface area (Å²) in [5.41, 5.74) is 0.406. The summed E-state index contributed by atoms with van der Waals surface area (Å²) in [6, 6.07) is 3.58. The summed E-state index contributed by atoms with van der Waals surface area (Å²) < 4.78 is 85.1. The molecule has 28 heavy (non-hydrogen) atoms. The number of allylic oxidation sites excluding steroid dienone is 3. The van der Waals surface area contributed by atoms with E-state index in [9.17, 15) is 26.0 Å². The van der Waals surface area contributed by atoms with Crippen molar-refractivity contribution >= 4 is 15.7 Å². The van der Waals surface area contributed by atoms with Gasteiger partial charge < -0.3 is 9.64 Å². The smallest absolute Gasteiger partial charge is 0.429 e. The SMILES string of the molecule is COc1ccc(C2=NC(C(F)(F)F)(S(C)(=O)=O)CN2C2=CCCC=C2)cc1F. The molecule has 0 fully saturated rings. The zero-order valence-electron chi connectivity index (χ0n) is 15.1. The van der Waals surface area contributed by atoms with Crippen LogP contribution in [0.25, 0.3) is 0 Å². The molecule has 0 radical (unpaired) electrons. The predicted octanol–water partition coefficient (Wildman–Crippen LogP) is 3.43. The lowest BCUT2D eigenvalue weighted by Gasteiger charge is -2.29. The maximum absolute atomic E-state index is 14.2. The van der Waals surface area contributed by atoms with Gasteiger partial charge in [0, 0.05) is 17.5 Å². The fraction of sp³-hybridized carbons (Fsp3) is 0.389. The second-order valence-corrected chi connectivity index (χ2v) is 8.75. The summed E-state index contributed by atoms with van der Waals surface area (Å²) in [5, 5.41) is 0. The van der Waals surface area contributed by atoms with E-state index >= 15 is 0 Å². The molecule has 152 valence electrons. The van der Waals surface area contributed by atoms with Crippen LogP contribution in [0.2, 0.25) is 0 Å². The van der Waals surface area contributed by atoms with Gasteiger partial charge in [-0.2, -0.15) is 13.2 Å². The van der Waals surface area contributed by atoms with Gasteiger partial charge in [-0.3, -0.25) is 0 Å². The first-order chi connectivity index (χ1) is 13.0. The molecule has 1 heterocycles. The molecule has 5 nitrogen and oxygen atoms in total. The number of hydrogen-bond acceptors (Lipinski definition) is 5. The van der Waals surface area contributed by atoms with Crippen LogP contribution in [0.5, 0.6) is 5.75 Å². The maximum Gasteiger partial charge on any atom is 0.429 e. The van der Waals surface area contributed by atoms with Crippen LogP contribution in [0, 0.1) is 5.82 Å². The van der Waals surface area contributed by atoms with Crippen LogP contribution in [0.3, 0.4) is 0 Å². The van der Waals surface area contributed by atoms with Crippen LogP contribution < -0.4 is 4.74 Å². The van der Waals surface area contributed by atoms with Crippen LogP contribution in [0.1, 0.15) is 18.4 Å². The molecule has 0 spiro atoms. The summed E-state index contributed by atoms with van der Waals surface area (Å²) >= 11 is 0. The fourth-order valence-electron chi connectivity index (χ4n) is 3.16. The Hall–Kier alpha value is -2.36. The first-order valence-electron chi connectivity index (χ1n) is 8.34. The summed E-state index contributed by atoms with van der Waals surface area (Å²) in [7, 11) is -3.42. The van der Waals surface area contributed by atoms with E-state index in [0.717, 1.165) is 12.5 Å². The number of ether oxygens (including phenoxy) is 1. The molecule has 10 heteroatoms. The molecule has 1 aromatic carbocycles. The van der Waals surface area contributed by atoms with Crippen molar-refractivity contribution in [2.45, 2.75) is 23.9 Å². The molecule has 0 aromatic heterocycles. The van der Waals surface area contributed by atoms with Gasteiger partial charge in [-0.15, -0.1) is 0 Å². The number of alkyl halides is 3. The Bertz CT molecular complexity index is 983. The van der Waals surface area contributed by atoms with Crippen molar-refractivity contribution in [1.82, 2.24) is 4.90 Å². The minimum Gasteiger partial charge on any atom is -0.494 e. The molecule has 1 atom stereocenters. The molecule has 1 aliphatic carbocycles. The topological polar surface area (TPSA) is 59.0 Å². The highest BCUT2D eigenvalue weighted by atomic mass is 32.2. The number of rotatable bonds is 4. The lowest BCUT2D eigenvalue weighted by Crippen LogP contribution is -2.53. The summed E-state index contributed by atoms with van der Waals surface area (Å²) in [6.45, 7) is -0.936. The molecule has 1 aliphatic heterocycles. The van der Waals surface area contributed by atoms with Gasteiger partial charge in [0.1, 0.15) is 5.84 Å². The van der Waals surface area contributed by atoms with Crippen LogP contribution in [0.15, 0.2) is 47.1 Å². The number of hydrogen-bond donors (Lipinski definition) is 0. The van der Waals surface area contributed by atoms with Crippen molar-refractivity contribution in [3.05, 3.63) is 53.5 Å². The van der Waals surface area contributed by atoms with Gasteiger partial charge in [-0.1, -0.05) is 12.2 Å². The molecule has 0 N–H and O–H groups in total. The second kappa shape index (κ2) is 6.91. The third-order valence-electron chi connectivity index (χ3n) is 4.67. The van der Waals surface area contributed by atoms with E-state index < -0.39 is 33.2 Å². The highest BCUT2D eigenvalue weighted by Crippen LogP contribution is 2.44. The molecule has 0 bridgehead atoms. The molecular formula is C18H18F4N2O3S. The van der Waals surface area contributed by atoms with Gasteiger partial charge in [0.2, 0.25) is 0 Å². The third-order valence-corrected chi connectivity index (χ3v) is 6.35. The predicted molar refractivity (Wildman–Crippen MR) is 96.3 cm³/mol. The highest BCUT2D eigenvalue weighted by Gasteiger charge is 2.66. The number of amidine groups is 1. The van der Waals surface area contributed by atoms with Gasteiger partial charge in [-0.25, -0.2) is 17.8 Å². The standard InChI is InChI=1S/C18H18F4N2O3S/c1-27-15-9-8-12(10-14(15)19)16-23-17(18(20,21)22,28(2,25)26)11-24(16)13-6-4-3-5-7-13/h4,6-10H,3,5,11H2,1-2H3. The summed E-state index contributed by atoms with van der Waals surface area (Å²) in [4.78, 5) is 1.47. The van der Waals surface area contributed by atoms with Crippen molar-refractivity contribution in [2.75, 3.05) is 19.9 Å². The van der Waals surface area contributed by atoms with Crippen LogP contribution in [0.4, 0.5) is 17.6 Å². The molecule has 0 saturated heterocycles. The second-order valence-electron chi connectivity index (χ2n) is 6.53. The number of nitrogens with zero attached hydrogens (tertiary/aromatic N) is 2. The van der Waals surface area contributed by atoms with E-state index in [0.29, 0.717) is 18.4 Å². The zero-order chi connectivity index (χ0) is 20.7. The quantitative estimate of drug-likeness (QED) is 0.703. The maximum atomic E-state index is 14.2. The minimum absolute atomic E-state index is 0.0212. The van der Waals surface area contributed by atoms with Gasteiger partial charge in [-0.05, 0) is 37.1 Å². The molecule has 0 saturated carbocycles. The van der Waals surface area contributed by atoms with Crippen LogP contribution >= 0.6 is 0 Å². The number of methoxy groups -OCH3 is 1. The Kier molecular flexibility index (Phi) is 5.03. The Morgan fingerprint density at radius 1 is 1.25 bits per heavy atom.